The molecule has 0 bridgehead atoms. The molecule has 1 fully saturated rings. The Morgan fingerprint density at radius 1 is 1.65 bits per heavy atom. The second-order valence-corrected chi connectivity index (χ2v) is 3.73. The summed E-state index contributed by atoms with van der Waals surface area (Å²) in [5.41, 5.74) is -0.0455. The van der Waals surface area contributed by atoms with Crippen molar-refractivity contribution in [1.29, 1.82) is 0 Å². The second kappa shape index (κ2) is 4.36. The third kappa shape index (κ3) is 2.03. The number of carbonyl (C=O) groups is 1. The van der Waals surface area contributed by atoms with Gasteiger partial charge in [0, 0.05) is 25.4 Å². The molecule has 0 spiro atoms. The lowest BCUT2D eigenvalue weighted by molar-refractivity contribution is -0.384. The summed E-state index contributed by atoms with van der Waals surface area (Å²) in [6.07, 6.45) is 1.49. The van der Waals surface area contributed by atoms with Crippen LogP contribution in [0.5, 0.6) is 0 Å². The summed E-state index contributed by atoms with van der Waals surface area (Å²) in [7, 11) is 1.33. The van der Waals surface area contributed by atoms with Crippen LogP contribution in [-0.2, 0) is 9.53 Å². The van der Waals surface area contributed by atoms with Gasteiger partial charge in [-0.3, -0.25) is 14.9 Å². The van der Waals surface area contributed by atoms with Gasteiger partial charge in [-0.25, -0.2) is 4.98 Å². The van der Waals surface area contributed by atoms with Crippen molar-refractivity contribution >= 4 is 17.5 Å². The van der Waals surface area contributed by atoms with Crippen LogP contribution in [0.4, 0.5) is 11.5 Å². The monoisotopic (exact) mass is 237 g/mol. The molecule has 0 N–H and O–H groups in total. The first kappa shape index (κ1) is 11.3. The standard InChI is InChI=1S/C10H11N3O4/c1-17-10(14)7-5-12(6-7)9-8(13(15)16)3-2-4-11-9/h2-4,7H,5-6H2,1H3. The fourth-order valence-electron chi connectivity index (χ4n) is 1.74. The predicted octanol–water partition coefficient (Wildman–Crippen LogP) is 0.599. The summed E-state index contributed by atoms with van der Waals surface area (Å²) in [4.78, 5) is 27.2. The molecule has 7 heteroatoms. The smallest absolute Gasteiger partial charge is 0.312 e. The minimum Gasteiger partial charge on any atom is -0.469 e. The first-order valence-corrected chi connectivity index (χ1v) is 5.05. The Balaban J connectivity index is 2.11. The van der Waals surface area contributed by atoms with E-state index in [0.29, 0.717) is 18.9 Å². The molecular formula is C10H11N3O4. The van der Waals surface area contributed by atoms with Crippen molar-refractivity contribution in [3.05, 3.63) is 28.4 Å². The van der Waals surface area contributed by atoms with E-state index >= 15 is 0 Å². The maximum Gasteiger partial charge on any atom is 0.312 e. The van der Waals surface area contributed by atoms with Gasteiger partial charge in [-0.15, -0.1) is 0 Å². The lowest BCUT2D eigenvalue weighted by Gasteiger charge is -2.37. The molecule has 0 amide bonds. The highest BCUT2D eigenvalue weighted by Gasteiger charge is 2.37. The van der Waals surface area contributed by atoms with Gasteiger partial charge in [-0.2, -0.15) is 0 Å². The summed E-state index contributed by atoms with van der Waals surface area (Å²) in [6, 6.07) is 2.91. The van der Waals surface area contributed by atoms with E-state index in [9.17, 15) is 14.9 Å². The lowest BCUT2D eigenvalue weighted by Crippen LogP contribution is -2.51. The Morgan fingerprint density at radius 2 is 2.35 bits per heavy atom. The topological polar surface area (TPSA) is 85.6 Å². The van der Waals surface area contributed by atoms with Gasteiger partial charge in [0.15, 0.2) is 0 Å². The molecule has 2 heterocycles. The zero-order valence-corrected chi connectivity index (χ0v) is 9.20. The van der Waals surface area contributed by atoms with Crippen LogP contribution in [0.1, 0.15) is 0 Å². The first-order valence-electron chi connectivity index (χ1n) is 5.05. The number of pyridine rings is 1. The third-order valence-electron chi connectivity index (χ3n) is 2.68. The van der Waals surface area contributed by atoms with Crippen LogP contribution in [0.15, 0.2) is 18.3 Å². The molecule has 1 aromatic rings. The number of hydrogen-bond acceptors (Lipinski definition) is 6. The van der Waals surface area contributed by atoms with Crippen LogP contribution >= 0.6 is 0 Å². The Labute approximate surface area is 97.2 Å². The minimum atomic E-state index is -0.478. The molecule has 0 unspecified atom stereocenters. The van der Waals surface area contributed by atoms with Gasteiger partial charge in [0.25, 0.3) is 0 Å². The summed E-state index contributed by atoms with van der Waals surface area (Å²) < 4.78 is 4.60. The number of rotatable bonds is 3. The van der Waals surface area contributed by atoms with E-state index in [4.69, 9.17) is 0 Å². The van der Waals surface area contributed by atoms with Crippen LogP contribution in [0.2, 0.25) is 0 Å². The van der Waals surface area contributed by atoms with Gasteiger partial charge < -0.3 is 9.64 Å². The average Bonchev–Trinajstić information content (AvgIpc) is 2.27. The fourth-order valence-corrected chi connectivity index (χ4v) is 1.74. The van der Waals surface area contributed by atoms with Crippen molar-refractivity contribution < 1.29 is 14.5 Å². The molecule has 0 atom stereocenters. The molecular weight excluding hydrogens is 226 g/mol. The number of hydrogen-bond donors (Lipinski definition) is 0. The molecule has 1 aromatic heterocycles. The highest BCUT2D eigenvalue weighted by Crippen LogP contribution is 2.30. The molecule has 0 aromatic carbocycles. The fraction of sp³-hybridized carbons (Fsp3) is 0.400. The largest absolute Gasteiger partial charge is 0.469 e. The van der Waals surface area contributed by atoms with Crippen molar-refractivity contribution in [1.82, 2.24) is 4.98 Å². The van der Waals surface area contributed by atoms with Gasteiger partial charge in [0.2, 0.25) is 5.82 Å². The first-order chi connectivity index (χ1) is 8.13. The number of ether oxygens (including phenoxy) is 1. The van der Waals surface area contributed by atoms with Gasteiger partial charge in [-0.1, -0.05) is 0 Å². The molecule has 1 aliphatic heterocycles. The van der Waals surface area contributed by atoms with Gasteiger partial charge in [-0.05, 0) is 6.07 Å². The van der Waals surface area contributed by atoms with Crippen LogP contribution in [0, 0.1) is 16.0 Å². The molecule has 0 radical (unpaired) electrons. The Hall–Kier alpha value is -2.18. The summed E-state index contributed by atoms with van der Waals surface area (Å²) in [5.74, 6) is -0.209. The molecule has 0 aliphatic carbocycles. The van der Waals surface area contributed by atoms with Crippen molar-refractivity contribution in [2.45, 2.75) is 0 Å². The van der Waals surface area contributed by atoms with Crippen molar-refractivity contribution in [3.8, 4) is 0 Å². The molecule has 7 nitrogen and oxygen atoms in total. The number of esters is 1. The van der Waals surface area contributed by atoms with E-state index in [-0.39, 0.29) is 17.6 Å². The van der Waals surface area contributed by atoms with Gasteiger partial charge in [0.05, 0.1) is 18.0 Å². The Bertz CT molecular complexity index is 457. The van der Waals surface area contributed by atoms with Crippen LogP contribution < -0.4 is 4.90 Å². The molecule has 1 aliphatic rings. The Kier molecular flexibility index (Phi) is 2.90. The normalized spacial score (nSPS) is 15.2. The highest BCUT2D eigenvalue weighted by molar-refractivity contribution is 5.77. The summed E-state index contributed by atoms with van der Waals surface area (Å²) >= 11 is 0. The summed E-state index contributed by atoms with van der Waals surface area (Å²) in [6.45, 7) is 0.815. The van der Waals surface area contributed by atoms with Crippen molar-refractivity contribution in [3.63, 3.8) is 0 Å². The number of nitro groups is 1. The minimum absolute atomic E-state index is 0.0455. The van der Waals surface area contributed by atoms with Crippen molar-refractivity contribution in [2.75, 3.05) is 25.1 Å². The molecule has 1 saturated heterocycles. The van der Waals surface area contributed by atoms with E-state index < -0.39 is 4.92 Å². The van der Waals surface area contributed by atoms with Crippen molar-refractivity contribution in [2.24, 2.45) is 5.92 Å². The Morgan fingerprint density at radius 3 is 2.94 bits per heavy atom. The lowest BCUT2D eigenvalue weighted by atomic mass is 10.0. The van der Waals surface area contributed by atoms with E-state index in [2.05, 4.69) is 9.72 Å². The number of aromatic nitrogens is 1. The highest BCUT2D eigenvalue weighted by atomic mass is 16.6. The maximum absolute atomic E-state index is 11.2. The number of nitrogens with zero attached hydrogens (tertiary/aromatic N) is 3. The van der Waals surface area contributed by atoms with Crippen LogP contribution in [0.25, 0.3) is 0 Å². The predicted molar refractivity (Wildman–Crippen MR) is 58.6 cm³/mol. The quantitative estimate of drug-likeness (QED) is 0.434. The number of methoxy groups -OCH3 is 1. The molecule has 0 saturated carbocycles. The zero-order valence-electron chi connectivity index (χ0n) is 9.20. The zero-order chi connectivity index (χ0) is 12.4. The van der Waals surface area contributed by atoms with E-state index in [0.717, 1.165) is 0 Å². The number of carbonyl (C=O) groups excluding carboxylic acids is 1. The SMILES string of the molecule is COC(=O)C1CN(c2ncccc2[N+](=O)[O-])C1. The van der Waals surface area contributed by atoms with Gasteiger partial charge >= 0.3 is 11.7 Å². The van der Waals surface area contributed by atoms with Gasteiger partial charge in [0.1, 0.15) is 0 Å². The number of anilines is 1. The second-order valence-electron chi connectivity index (χ2n) is 3.73. The molecule has 17 heavy (non-hydrogen) atoms. The van der Waals surface area contributed by atoms with Crippen LogP contribution in [-0.4, -0.2) is 36.1 Å². The molecule has 2 rings (SSSR count). The van der Waals surface area contributed by atoms with E-state index in [1.807, 2.05) is 0 Å². The van der Waals surface area contributed by atoms with Crippen LogP contribution in [0.3, 0.4) is 0 Å². The summed E-state index contributed by atoms with van der Waals surface area (Å²) in [5, 5.41) is 10.8. The average molecular weight is 237 g/mol. The maximum atomic E-state index is 11.2. The third-order valence-corrected chi connectivity index (χ3v) is 2.68. The van der Waals surface area contributed by atoms with E-state index in [1.54, 1.807) is 4.90 Å². The molecule has 90 valence electrons. The van der Waals surface area contributed by atoms with E-state index in [1.165, 1.54) is 25.4 Å².